The second-order valence-electron chi connectivity index (χ2n) is 7.74. The third kappa shape index (κ3) is 7.92. The molecule has 0 bridgehead atoms. The zero-order valence-corrected chi connectivity index (χ0v) is 26.8. The van der Waals surface area contributed by atoms with Gasteiger partial charge in [0.05, 0.1) is 37.2 Å². The van der Waals surface area contributed by atoms with Gasteiger partial charge < -0.3 is 19.9 Å². The molecule has 4 aromatic rings. The van der Waals surface area contributed by atoms with Crippen molar-refractivity contribution in [3.63, 3.8) is 0 Å². The van der Waals surface area contributed by atoms with Gasteiger partial charge in [0.25, 0.3) is 5.69 Å². The summed E-state index contributed by atoms with van der Waals surface area (Å²) in [7, 11) is -9.79. The number of benzene rings is 4. The Morgan fingerprint density at radius 3 is 1.73 bits per heavy atom. The minimum Gasteiger partial charge on any atom is -0.744 e. The Hall–Kier alpha value is -2.84. The molecule has 41 heavy (non-hydrogen) atoms. The molecule has 0 amide bonds. The van der Waals surface area contributed by atoms with Gasteiger partial charge in [-0.3, -0.25) is 10.1 Å². The molecule has 0 spiro atoms. The van der Waals surface area contributed by atoms with E-state index in [1.807, 2.05) is 0 Å². The molecule has 4 rings (SSSR count). The number of nitro groups is 1. The number of nitrogens with two attached hydrogens (primary N) is 1. The van der Waals surface area contributed by atoms with E-state index in [9.17, 15) is 41.2 Å². The second kappa shape index (κ2) is 13.4. The van der Waals surface area contributed by atoms with Gasteiger partial charge in [-0.1, -0.05) is 6.07 Å². The number of nitrogens with zero attached hydrogens (tertiary/aromatic N) is 5. The van der Waals surface area contributed by atoms with Crippen LogP contribution in [0.5, 0.6) is 5.75 Å². The summed E-state index contributed by atoms with van der Waals surface area (Å²) in [5.41, 5.74) is 5.45. The molecule has 0 aromatic heterocycles. The first-order valence-electron chi connectivity index (χ1n) is 10.4. The van der Waals surface area contributed by atoms with Gasteiger partial charge in [-0.15, -0.1) is 10.2 Å². The third-order valence-corrected chi connectivity index (χ3v) is 6.96. The number of rotatable bonds is 7. The van der Waals surface area contributed by atoms with Crippen molar-refractivity contribution in [2.75, 3.05) is 5.73 Å². The second-order valence-corrected chi connectivity index (χ2v) is 10.5. The van der Waals surface area contributed by atoms with Crippen molar-refractivity contribution in [2.24, 2.45) is 20.5 Å². The van der Waals surface area contributed by atoms with Crippen molar-refractivity contribution in [1.82, 2.24) is 0 Å². The number of aromatic hydroxyl groups is 1. The molecule has 0 saturated heterocycles. The maximum Gasteiger partial charge on any atom is 1.00 e. The van der Waals surface area contributed by atoms with Crippen molar-refractivity contribution >= 4 is 65.1 Å². The molecule has 15 nitrogen and oxygen atoms in total. The first-order valence-corrected chi connectivity index (χ1v) is 13.3. The fourth-order valence-corrected chi connectivity index (χ4v) is 4.54. The van der Waals surface area contributed by atoms with Crippen molar-refractivity contribution in [2.45, 2.75) is 9.79 Å². The van der Waals surface area contributed by atoms with Crippen LogP contribution in [0.25, 0.3) is 10.8 Å². The molecule has 0 unspecified atom stereocenters. The maximum atomic E-state index is 12.0. The Kier molecular flexibility index (Phi) is 11.3. The number of azo groups is 2. The Balaban J connectivity index is 0.00000294. The minimum absolute atomic E-state index is 0. The van der Waals surface area contributed by atoms with Crippen molar-refractivity contribution in [1.29, 1.82) is 0 Å². The number of nitrogen functional groups attached to an aromatic ring is 1. The largest absolute Gasteiger partial charge is 1.00 e. The third-order valence-electron chi connectivity index (χ3n) is 5.24. The van der Waals surface area contributed by atoms with E-state index in [1.54, 1.807) is 0 Å². The van der Waals surface area contributed by atoms with Crippen LogP contribution in [-0.2, 0) is 20.2 Å². The number of phenolic OH excluding ortho intramolecular Hbond substituents is 1. The summed E-state index contributed by atoms with van der Waals surface area (Å²) in [6.45, 7) is 0. The monoisotopic (exact) mass is 616 g/mol. The molecule has 0 saturated carbocycles. The number of non-ortho nitro benzene ring substituents is 1. The molecule has 0 atom stereocenters. The van der Waals surface area contributed by atoms with Gasteiger partial charge >= 0.3 is 59.1 Å². The predicted molar refractivity (Wildman–Crippen MR) is 134 cm³/mol. The fourth-order valence-electron chi connectivity index (χ4n) is 3.38. The molecule has 0 aliphatic carbocycles. The zero-order chi connectivity index (χ0) is 28.5. The van der Waals surface area contributed by atoms with Crippen LogP contribution in [0.3, 0.4) is 0 Å². The number of phenols is 1. The van der Waals surface area contributed by atoms with E-state index in [0.717, 1.165) is 30.3 Å². The summed E-state index contributed by atoms with van der Waals surface area (Å²) < 4.78 is 69.1. The van der Waals surface area contributed by atoms with E-state index in [0.29, 0.717) is 0 Å². The summed E-state index contributed by atoms with van der Waals surface area (Å²) in [6, 6.07) is 12.5. The van der Waals surface area contributed by atoms with Crippen LogP contribution >= 0.6 is 0 Å². The van der Waals surface area contributed by atoms with Crippen molar-refractivity contribution < 1.29 is 95.1 Å². The smallest absolute Gasteiger partial charge is 0.744 e. The van der Waals surface area contributed by atoms with E-state index in [2.05, 4.69) is 20.5 Å². The molecular weight excluding hydrogens is 602 g/mol. The van der Waals surface area contributed by atoms with Crippen LogP contribution in [0.15, 0.2) is 97.0 Å². The molecule has 4 aromatic carbocycles. The van der Waals surface area contributed by atoms with E-state index in [4.69, 9.17) is 5.73 Å². The van der Waals surface area contributed by atoms with Gasteiger partial charge in [0.1, 0.15) is 31.6 Å². The zero-order valence-electron chi connectivity index (χ0n) is 21.2. The molecule has 19 heteroatoms. The number of hydrogen-bond acceptors (Lipinski definition) is 14. The molecule has 200 valence electrons. The normalized spacial score (nSPS) is 11.9. The Bertz CT molecular complexity index is 1900. The van der Waals surface area contributed by atoms with Gasteiger partial charge in [-0.2, -0.15) is 10.2 Å². The van der Waals surface area contributed by atoms with Crippen LogP contribution in [-0.4, -0.2) is 36.0 Å². The van der Waals surface area contributed by atoms with E-state index in [-0.39, 0.29) is 104 Å². The molecule has 0 aliphatic heterocycles. The standard InChI is InChI=1S/C22H16N6O9S2.2Na/c23-21-18(27-25-13-3-7-15(8-4-13)38(32,33)34)11-19(39(35,36)37)16-9-10-17(22(29)20(16)21)26-24-12-1-5-14(6-2-12)28(30)31;;/h1-11,29H,23H2,(H,32,33,34)(H,35,36,37);;/q;2*+1/p-2. The summed E-state index contributed by atoms with van der Waals surface area (Å²) in [6.07, 6.45) is 0. The number of nitro benzene ring substituents is 1. The fraction of sp³-hybridized carbons (Fsp3) is 0. The minimum atomic E-state index is -5.10. The SMILES string of the molecule is Nc1c(N=Nc2ccc(S(=O)(=O)[O-])cc2)cc(S(=O)(=O)[O-])c2ccc(N=Nc3ccc([N+](=O)[O-])cc3)c(O)c12.[Na+].[Na+]. The van der Waals surface area contributed by atoms with E-state index in [1.165, 1.54) is 36.4 Å². The van der Waals surface area contributed by atoms with Crippen LogP contribution < -0.4 is 64.8 Å². The predicted octanol–water partition coefficient (Wildman–Crippen LogP) is -1.32. The average Bonchev–Trinajstić information content (AvgIpc) is 2.87. The molecule has 0 radical (unpaired) electrons. The Morgan fingerprint density at radius 1 is 0.732 bits per heavy atom. The first kappa shape index (κ1) is 34.4. The van der Waals surface area contributed by atoms with Gasteiger partial charge in [-0.25, -0.2) is 16.8 Å². The van der Waals surface area contributed by atoms with Crippen LogP contribution in [0.4, 0.5) is 34.1 Å². The Morgan fingerprint density at radius 2 is 1.24 bits per heavy atom. The van der Waals surface area contributed by atoms with Gasteiger partial charge in [0.2, 0.25) is 0 Å². The van der Waals surface area contributed by atoms with Gasteiger partial charge in [0, 0.05) is 17.5 Å². The first-order chi connectivity index (χ1) is 18.3. The number of anilines is 1. The number of fused-ring (bicyclic) bond motifs is 1. The van der Waals surface area contributed by atoms with E-state index < -0.39 is 40.7 Å². The molecule has 0 aliphatic rings. The Labute approximate surface area is 276 Å². The van der Waals surface area contributed by atoms with Gasteiger partial charge in [-0.05, 0) is 48.5 Å². The van der Waals surface area contributed by atoms with Crippen LogP contribution in [0.1, 0.15) is 0 Å². The quantitative estimate of drug-likeness (QED) is 0.0618. The molecule has 0 heterocycles. The van der Waals surface area contributed by atoms with Crippen LogP contribution in [0.2, 0.25) is 0 Å². The van der Waals surface area contributed by atoms with Crippen LogP contribution in [0, 0.1) is 10.1 Å². The van der Waals surface area contributed by atoms with E-state index >= 15 is 0 Å². The average molecular weight is 617 g/mol. The molecule has 3 N–H and O–H groups in total. The number of hydrogen-bond donors (Lipinski definition) is 2. The topological polar surface area (TPSA) is 253 Å². The van der Waals surface area contributed by atoms with Gasteiger partial charge in [0.15, 0.2) is 5.75 Å². The summed E-state index contributed by atoms with van der Waals surface area (Å²) in [5.74, 6) is -0.636. The molecular formula is C22H14N6Na2O9S2. The van der Waals surface area contributed by atoms with Crippen molar-refractivity contribution in [3.05, 3.63) is 76.8 Å². The maximum absolute atomic E-state index is 12.0. The summed E-state index contributed by atoms with van der Waals surface area (Å²) in [5, 5.41) is 36.5. The molecule has 0 fully saturated rings. The summed E-state index contributed by atoms with van der Waals surface area (Å²) >= 11 is 0. The summed E-state index contributed by atoms with van der Waals surface area (Å²) in [4.78, 5) is 8.92. The van der Waals surface area contributed by atoms with Crippen molar-refractivity contribution in [3.8, 4) is 5.75 Å².